The first-order valence-corrected chi connectivity index (χ1v) is 6.28. The molecule has 0 bridgehead atoms. The Bertz CT molecular complexity index is 360. The topological polar surface area (TPSA) is 70.4 Å². The van der Waals surface area contributed by atoms with Crippen LogP contribution < -0.4 is 16.6 Å². The van der Waals surface area contributed by atoms with Gasteiger partial charge in [-0.1, -0.05) is 13.8 Å². The number of anilines is 1. The minimum atomic E-state index is -0.0503. The zero-order valence-electron chi connectivity index (χ0n) is 11.1. The highest BCUT2D eigenvalue weighted by molar-refractivity contribution is 5.94. The number of nitrogens with one attached hydrogen (secondary N) is 2. The van der Waals surface area contributed by atoms with Crippen molar-refractivity contribution in [3.63, 3.8) is 0 Å². The Balaban J connectivity index is 2.40. The van der Waals surface area contributed by atoms with E-state index in [1.165, 1.54) is 0 Å². The van der Waals surface area contributed by atoms with E-state index >= 15 is 0 Å². The average Bonchev–Trinajstić information content (AvgIpc) is 2.43. The zero-order chi connectivity index (χ0) is 13.4. The predicted octanol–water partition coefficient (Wildman–Crippen LogP) is 1.04. The maximum Gasteiger partial charge on any atom is 0.251 e. The molecule has 4 N–H and O–H groups in total. The van der Waals surface area contributed by atoms with Crippen molar-refractivity contribution in [3.05, 3.63) is 29.8 Å². The molecule has 0 fully saturated rings. The lowest BCUT2D eigenvalue weighted by Crippen LogP contribution is -2.34. The fourth-order valence-corrected chi connectivity index (χ4v) is 1.69. The molecule has 0 aromatic heterocycles. The molecule has 1 rings (SSSR count). The molecule has 0 aliphatic rings. The van der Waals surface area contributed by atoms with Gasteiger partial charge >= 0.3 is 0 Å². The van der Waals surface area contributed by atoms with Gasteiger partial charge < -0.3 is 15.6 Å². The van der Waals surface area contributed by atoms with E-state index in [1.54, 1.807) is 24.3 Å². The van der Waals surface area contributed by atoms with Crippen molar-refractivity contribution < 1.29 is 4.79 Å². The van der Waals surface area contributed by atoms with E-state index in [1.807, 2.05) is 0 Å². The Morgan fingerprint density at radius 3 is 2.33 bits per heavy atom. The third kappa shape index (κ3) is 4.35. The van der Waals surface area contributed by atoms with E-state index < -0.39 is 0 Å². The van der Waals surface area contributed by atoms with Crippen LogP contribution in [-0.4, -0.2) is 37.0 Å². The molecule has 0 saturated carbocycles. The molecule has 18 heavy (non-hydrogen) atoms. The average molecular weight is 250 g/mol. The molecule has 1 aromatic rings. The number of nitrogen functional groups attached to an aromatic ring is 1. The number of hydrogen-bond donors (Lipinski definition) is 3. The third-order valence-electron chi connectivity index (χ3n) is 2.92. The first kappa shape index (κ1) is 14.5. The van der Waals surface area contributed by atoms with Gasteiger partial charge in [-0.15, -0.1) is 0 Å². The van der Waals surface area contributed by atoms with Crippen molar-refractivity contribution in [1.82, 2.24) is 10.2 Å². The molecule has 0 saturated heterocycles. The molecular weight excluding hydrogens is 228 g/mol. The highest BCUT2D eigenvalue weighted by Crippen LogP contribution is 2.07. The fourth-order valence-electron chi connectivity index (χ4n) is 1.69. The van der Waals surface area contributed by atoms with Gasteiger partial charge in [0.15, 0.2) is 0 Å². The van der Waals surface area contributed by atoms with Crippen LogP contribution in [0.3, 0.4) is 0 Å². The van der Waals surface area contributed by atoms with E-state index in [9.17, 15) is 4.79 Å². The van der Waals surface area contributed by atoms with E-state index in [2.05, 4.69) is 29.5 Å². The van der Waals surface area contributed by atoms with Crippen LogP contribution in [0.15, 0.2) is 24.3 Å². The Morgan fingerprint density at radius 2 is 1.83 bits per heavy atom. The van der Waals surface area contributed by atoms with Gasteiger partial charge in [-0.2, -0.15) is 0 Å². The lowest BCUT2D eigenvalue weighted by molar-refractivity contribution is 0.0949. The SMILES string of the molecule is CCN(CC)CCNC(=O)c1ccc(NN)cc1. The van der Waals surface area contributed by atoms with Crippen LogP contribution in [0.5, 0.6) is 0 Å². The summed E-state index contributed by atoms with van der Waals surface area (Å²) in [7, 11) is 0. The van der Waals surface area contributed by atoms with Crippen LogP contribution in [0.2, 0.25) is 0 Å². The molecule has 0 spiro atoms. The van der Waals surface area contributed by atoms with E-state index in [-0.39, 0.29) is 5.91 Å². The van der Waals surface area contributed by atoms with E-state index in [0.717, 1.165) is 25.3 Å². The zero-order valence-corrected chi connectivity index (χ0v) is 11.1. The number of nitrogens with zero attached hydrogens (tertiary/aromatic N) is 1. The molecular formula is C13H22N4O. The van der Waals surface area contributed by atoms with E-state index in [4.69, 9.17) is 5.84 Å². The molecule has 1 amide bonds. The van der Waals surface area contributed by atoms with Crippen molar-refractivity contribution in [3.8, 4) is 0 Å². The number of likely N-dealkylation sites (N-methyl/N-ethyl adjacent to an activating group) is 1. The van der Waals surface area contributed by atoms with Gasteiger partial charge in [-0.05, 0) is 37.4 Å². The van der Waals surface area contributed by atoms with Gasteiger partial charge in [-0.3, -0.25) is 10.6 Å². The van der Waals surface area contributed by atoms with Crippen LogP contribution in [0.1, 0.15) is 24.2 Å². The molecule has 0 aliphatic heterocycles. The minimum Gasteiger partial charge on any atom is -0.351 e. The van der Waals surface area contributed by atoms with Gasteiger partial charge in [0.25, 0.3) is 5.91 Å². The second kappa shape index (κ2) is 7.68. The monoisotopic (exact) mass is 250 g/mol. The number of hydrazine groups is 1. The summed E-state index contributed by atoms with van der Waals surface area (Å²) < 4.78 is 0. The smallest absolute Gasteiger partial charge is 0.251 e. The van der Waals surface area contributed by atoms with Crippen molar-refractivity contribution in [2.75, 3.05) is 31.6 Å². The van der Waals surface area contributed by atoms with Crippen LogP contribution in [0.25, 0.3) is 0 Å². The second-order valence-corrected chi connectivity index (χ2v) is 4.00. The maximum absolute atomic E-state index is 11.8. The molecule has 1 aromatic carbocycles. The Morgan fingerprint density at radius 1 is 1.22 bits per heavy atom. The lowest BCUT2D eigenvalue weighted by atomic mass is 10.2. The molecule has 0 atom stereocenters. The molecule has 0 radical (unpaired) electrons. The van der Waals surface area contributed by atoms with Crippen LogP contribution in [0.4, 0.5) is 5.69 Å². The van der Waals surface area contributed by atoms with Crippen molar-refractivity contribution in [2.24, 2.45) is 5.84 Å². The largest absolute Gasteiger partial charge is 0.351 e. The Kier molecular flexibility index (Phi) is 6.18. The Hall–Kier alpha value is -1.59. The summed E-state index contributed by atoms with van der Waals surface area (Å²) in [5.41, 5.74) is 3.96. The van der Waals surface area contributed by atoms with E-state index in [0.29, 0.717) is 12.1 Å². The summed E-state index contributed by atoms with van der Waals surface area (Å²) >= 11 is 0. The number of carbonyl (C=O) groups is 1. The number of benzene rings is 1. The van der Waals surface area contributed by atoms with Crippen LogP contribution in [-0.2, 0) is 0 Å². The molecule has 0 heterocycles. The quantitative estimate of drug-likeness (QED) is 0.499. The third-order valence-corrected chi connectivity index (χ3v) is 2.92. The molecule has 5 heteroatoms. The highest BCUT2D eigenvalue weighted by Gasteiger charge is 2.05. The van der Waals surface area contributed by atoms with Crippen molar-refractivity contribution >= 4 is 11.6 Å². The summed E-state index contributed by atoms with van der Waals surface area (Å²) in [6, 6.07) is 7.06. The summed E-state index contributed by atoms with van der Waals surface area (Å²) in [5.74, 6) is 5.21. The minimum absolute atomic E-state index is 0.0503. The van der Waals surface area contributed by atoms with Gasteiger partial charge in [0.2, 0.25) is 0 Å². The fraction of sp³-hybridized carbons (Fsp3) is 0.462. The summed E-state index contributed by atoms with van der Waals surface area (Å²) in [6.45, 7) is 7.78. The van der Waals surface area contributed by atoms with Gasteiger partial charge in [-0.25, -0.2) is 0 Å². The van der Waals surface area contributed by atoms with Crippen molar-refractivity contribution in [2.45, 2.75) is 13.8 Å². The van der Waals surface area contributed by atoms with Crippen LogP contribution in [0, 0.1) is 0 Å². The number of amides is 1. The van der Waals surface area contributed by atoms with Gasteiger partial charge in [0.05, 0.1) is 0 Å². The van der Waals surface area contributed by atoms with Crippen molar-refractivity contribution in [1.29, 1.82) is 0 Å². The number of nitrogens with two attached hydrogens (primary N) is 1. The molecule has 0 unspecified atom stereocenters. The molecule has 100 valence electrons. The molecule has 0 aliphatic carbocycles. The Labute approximate surface area is 108 Å². The lowest BCUT2D eigenvalue weighted by Gasteiger charge is -2.17. The normalized spacial score (nSPS) is 10.4. The number of rotatable bonds is 7. The first-order chi connectivity index (χ1) is 8.71. The predicted molar refractivity (Wildman–Crippen MR) is 74.4 cm³/mol. The summed E-state index contributed by atoms with van der Waals surface area (Å²) in [5, 5.41) is 2.90. The van der Waals surface area contributed by atoms with Gasteiger partial charge in [0, 0.05) is 24.3 Å². The highest BCUT2D eigenvalue weighted by atomic mass is 16.1. The maximum atomic E-state index is 11.8. The first-order valence-electron chi connectivity index (χ1n) is 6.28. The van der Waals surface area contributed by atoms with Crippen LogP contribution >= 0.6 is 0 Å². The molecule has 5 nitrogen and oxygen atoms in total. The summed E-state index contributed by atoms with van der Waals surface area (Å²) in [6.07, 6.45) is 0. The summed E-state index contributed by atoms with van der Waals surface area (Å²) in [4.78, 5) is 14.1. The standard InChI is InChI=1S/C13H22N4O/c1-3-17(4-2)10-9-15-13(18)11-5-7-12(16-14)8-6-11/h5-8,16H,3-4,9-10,14H2,1-2H3,(H,15,18). The number of carbonyl (C=O) groups excluding carboxylic acids is 1. The second-order valence-electron chi connectivity index (χ2n) is 4.00. The number of hydrogen-bond acceptors (Lipinski definition) is 4. The van der Waals surface area contributed by atoms with Gasteiger partial charge in [0.1, 0.15) is 0 Å².